The maximum atomic E-state index is 11.5. The van der Waals surface area contributed by atoms with Crippen LogP contribution in [0.2, 0.25) is 0 Å². The molecule has 1 aliphatic heterocycles. The predicted molar refractivity (Wildman–Crippen MR) is 58.9 cm³/mol. The zero-order valence-corrected chi connectivity index (χ0v) is 9.73. The molecule has 1 unspecified atom stereocenters. The minimum atomic E-state index is -1.34. The second-order valence-corrected chi connectivity index (χ2v) is 3.74. The first kappa shape index (κ1) is 11.7. The molecule has 0 radical (unpaired) electrons. The van der Waals surface area contributed by atoms with Gasteiger partial charge in [0.1, 0.15) is 0 Å². The summed E-state index contributed by atoms with van der Waals surface area (Å²) < 4.78 is 15.2. The number of esters is 1. The van der Waals surface area contributed by atoms with Crippen LogP contribution < -0.4 is 9.47 Å². The first-order chi connectivity index (χ1) is 8.13. The molecule has 1 aromatic rings. The molecule has 1 heterocycles. The van der Waals surface area contributed by atoms with Crippen molar-refractivity contribution in [1.29, 1.82) is 0 Å². The fourth-order valence-electron chi connectivity index (χ4n) is 1.73. The topological polar surface area (TPSA) is 65.0 Å². The van der Waals surface area contributed by atoms with E-state index in [1.807, 2.05) is 6.92 Å². The van der Waals surface area contributed by atoms with Crippen molar-refractivity contribution in [2.24, 2.45) is 0 Å². The lowest BCUT2D eigenvalue weighted by Crippen LogP contribution is -2.16. The summed E-state index contributed by atoms with van der Waals surface area (Å²) in [7, 11) is 0. The summed E-state index contributed by atoms with van der Waals surface area (Å²) in [4.78, 5) is 11.5. The number of ether oxygens (including phenoxy) is 3. The van der Waals surface area contributed by atoms with E-state index in [1.165, 1.54) is 0 Å². The van der Waals surface area contributed by atoms with Crippen LogP contribution in [0.25, 0.3) is 0 Å². The SMILES string of the molecule is CCOC(=O)C(O)c1cc(C)cc2c1OCO2. The predicted octanol–water partition coefficient (Wildman–Crippen LogP) is 1.32. The summed E-state index contributed by atoms with van der Waals surface area (Å²) in [6, 6.07) is 3.48. The Balaban J connectivity index is 2.35. The summed E-state index contributed by atoms with van der Waals surface area (Å²) in [6.45, 7) is 3.86. The average molecular weight is 238 g/mol. The van der Waals surface area contributed by atoms with Crippen molar-refractivity contribution < 1.29 is 24.1 Å². The molecule has 1 aliphatic rings. The van der Waals surface area contributed by atoms with E-state index in [0.29, 0.717) is 17.1 Å². The van der Waals surface area contributed by atoms with Gasteiger partial charge in [0.2, 0.25) is 6.79 Å². The Morgan fingerprint density at radius 3 is 3.00 bits per heavy atom. The normalized spacial score (nSPS) is 14.5. The van der Waals surface area contributed by atoms with Gasteiger partial charge in [-0.3, -0.25) is 0 Å². The number of benzene rings is 1. The average Bonchev–Trinajstić information content (AvgIpc) is 2.75. The fraction of sp³-hybridized carbons (Fsp3) is 0.417. The Hall–Kier alpha value is -1.75. The number of aliphatic hydroxyl groups excluding tert-OH is 1. The minimum absolute atomic E-state index is 0.0985. The molecule has 0 aromatic heterocycles. The van der Waals surface area contributed by atoms with Gasteiger partial charge >= 0.3 is 5.97 Å². The van der Waals surface area contributed by atoms with Crippen LogP contribution in [0.15, 0.2) is 12.1 Å². The number of carbonyl (C=O) groups is 1. The third-order valence-electron chi connectivity index (χ3n) is 2.45. The summed E-state index contributed by atoms with van der Waals surface area (Å²) in [5.41, 5.74) is 1.27. The van der Waals surface area contributed by atoms with Crippen molar-refractivity contribution in [3.8, 4) is 11.5 Å². The van der Waals surface area contributed by atoms with Crippen molar-refractivity contribution in [3.05, 3.63) is 23.3 Å². The van der Waals surface area contributed by atoms with E-state index in [0.717, 1.165) is 5.56 Å². The van der Waals surface area contributed by atoms with Crippen molar-refractivity contribution in [3.63, 3.8) is 0 Å². The van der Waals surface area contributed by atoms with E-state index in [9.17, 15) is 9.90 Å². The monoisotopic (exact) mass is 238 g/mol. The molecule has 1 atom stereocenters. The number of carbonyl (C=O) groups excluding carboxylic acids is 1. The lowest BCUT2D eigenvalue weighted by Gasteiger charge is -2.12. The molecule has 2 rings (SSSR count). The van der Waals surface area contributed by atoms with Crippen LogP contribution in [-0.4, -0.2) is 24.5 Å². The molecular weight excluding hydrogens is 224 g/mol. The fourth-order valence-corrected chi connectivity index (χ4v) is 1.73. The molecule has 17 heavy (non-hydrogen) atoms. The molecule has 5 heteroatoms. The molecule has 0 amide bonds. The number of hydrogen-bond donors (Lipinski definition) is 1. The van der Waals surface area contributed by atoms with E-state index in [-0.39, 0.29) is 13.4 Å². The molecule has 0 bridgehead atoms. The third-order valence-corrected chi connectivity index (χ3v) is 2.45. The van der Waals surface area contributed by atoms with Gasteiger partial charge in [0.15, 0.2) is 17.6 Å². The van der Waals surface area contributed by atoms with Crippen LogP contribution in [0, 0.1) is 6.92 Å². The summed E-state index contributed by atoms with van der Waals surface area (Å²) in [6.07, 6.45) is -1.34. The van der Waals surface area contributed by atoms with Crippen molar-refractivity contribution >= 4 is 5.97 Å². The Morgan fingerprint density at radius 2 is 2.29 bits per heavy atom. The molecule has 0 fully saturated rings. The van der Waals surface area contributed by atoms with E-state index in [2.05, 4.69) is 0 Å². The zero-order valence-electron chi connectivity index (χ0n) is 9.73. The van der Waals surface area contributed by atoms with Gasteiger partial charge in [-0.2, -0.15) is 0 Å². The van der Waals surface area contributed by atoms with Crippen LogP contribution >= 0.6 is 0 Å². The summed E-state index contributed by atoms with van der Waals surface area (Å²) >= 11 is 0. The number of rotatable bonds is 3. The van der Waals surface area contributed by atoms with Gasteiger partial charge in [-0.15, -0.1) is 0 Å². The highest BCUT2D eigenvalue weighted by Crippen LogP contribution is 2.39. The highest BCUT2D eigenvalue weighted by atomic mass is 16.7. The first-order valence-corrected chi connectivity index (χ1v) is 5.38. The van der Waals surface area contributed by atoms with Gasteiger partial charge in [-0.1, -0.05) is 0 Å². The molecule has 0 saturated heterocycles. The third kappa shape index (κ3) is 2.19. The molecule has 0 saturated carbocycles. The number of fused-ring (bicyclic) bond motifs is 1. The lowest BCUT2D eigenvalue weighted by atomic mass is 10.0. The number of hydrogen-bond acceptors (Lipinski definition) is 5. The Bertz CT molecular complexity index is 441. The van der Waals surface area contributed by atoms with Crippen molar-refractivity contribution in [2.45, 2.75) is 20.0 Å². The highest BCUT2D eigenvalue weighted by molar-refractivity contribution is 5.78. The van der Waals surface area contributed by atoms with Crippen molar-refractivity contribution in [1.82, 2.24) is 0 Å². The van der Waals surface area contributed by atoms with Gasteiger partial charge < -0.3 is 19.3 Å². The summed E-state index contributed by atoms with van der Waals surface area (Å²) in [5.74, 6) is 0.273. The van der Waals surface area contributed by atoms with Gasteiger partial charge in [0.05, 0.1) is 6.61 Å². The van der Waals surface area contributed by atoms with Crippen LogP contribution in [0.1, 0.15) is 24.2 Å². The maximum absolute atomic E-state index is 11.5. The molecule has 0 spiro atoms. The minimum Gasteiger partial charge on any atom is -0.464 e. The molecule has 1 N–H and O–H groups in total. The standard InChI is InChI=1S/C12H14O5/c1-3-15-12(14)10(13)8-4-7(2)5-9-11(8)17-6-16-9/h4-5,10,13H,3,6H2,1-2H3. The molecule has 0 aliphatic carbocycles. The number of aliphatic hydroxyl groups is 1. The largest absolute Gasteiger partial charge is 0.464 e. The van der Waals surface area contributed by atoms with Gasteiger partial charge in [-0.25, -0.2) is 4.79 Å². The van der Waals surface area contributed by atoms with Gasteiger partial charge in [-0.05, 0) is 31.5 Å². The van der Waals surface area contributed by atoms with Crippen LogP contribution in [0.4, 0.5) is 0 Å². The van der Waals surface area contributed by atoms with E-state index < -0.39 is 12.1 Å². The quantitative estimate of drug-likeness (QED) is 0.804. The van der Waals surface area contributed by atoms with Crippen molar-refractivity contribution in [2.75, 3.05) is 13.4 Å². The van der Waals surface area contributed by atoms with E-state index >= 15 is 0 Å². The highest BCUT2D eigenvalue weighted by Gasteiger charge is 2.28. The maximum Gasteiger partial charge on any atom is 0.339 e. The molecular formula is C12H14O5. The Kier molecular flexibility index (Phi) is 3.19. The van der Waals surface area contributed by atoms with Gasteiger partial charge in [0, 0.05) is 5.56 Å². The molecule has 1 aromatic carbocycles. The van der Waals surface area contributed by atoms with E-state index in [4.69, 9.17) is 14.2 Å². The van der Waals surface area contributed by atoms with Gasteiger partial charge in [0.25, 0.3) is 0 Å². The summed E-state index contributed by atoms with van der Waals surface area (Å²) in [5, 5.41) is 9.90. The zero-order chi connectivity index (χ0) is 12.4. The number of aryl methyl sites for hydroxylation is 1. The lowest BCUT2D eigenvalue weighted by molar-refractivity contribution is -0.153. The van der Waals surface area contributed by atoms with Crippen LogP contribution in [-0.2, 0) is 9.53 Å². The Labute approximate surface area is 98.9 Å². The smallest absolute Gasteiger partial charge is 0.339 e. The second-order valence-electron chi connectivity index (χ2n) is 3.74. The second kappa shape index (κ2) is 4.63. The van der Waals surface area contributed by atoms with Crippen LogP contribution in [0.3, 0.4) is 0 Å². The molecule has 92 valence electrons. The van der Waals surface area contributed by atoms with E-state index in [1.54, 1.807) is 19.1 Å². The van der Waals surface area contributed by atoms with Crippen LogP contribution in [0.5, 0.6) is 11.5 Å². The first-order valence-electron chi connectivity index (χ1n) is 5.38. The molecule has 5 nitrogen and oxygen atoms in total. The Morgan fingerprint density at radius 1 is 1.53 bits per heavy atom.